The monoisotopic (exact) mass is 220 g/mol. The maximum Gasteiger partial charge on any atom is 0.124 e. The number of hydrogen-bond donors (Lipinski definition) is 0. The van der Waals surface area contributed by atoms with Crippen LogP contribution >= 0.6 is 0 Å². The number of aldehydes is 1. The minimum atomic E-state index is 0.218. The van der Waals surface area contributed by atoms with Crippen LogP contribution in [0, 0.1) is 0 Å². The van der Waals surface area contributed by atoms with Crippen LogP contribution in [0.4, 0.5) is 0 Å². The Morgan fingerprint density at radius 3 is 3.06 bits per heavy atom. The van der Waals surface area contributed by atoms with Crippen LogP contribution in [0.2, 0.25) is 0 Å². The molecule has 0 spiro atoms. The molecule has 3 nitrogen and oxygen atoms in total. The van der Waals surface area contributed by atoms with Gasteiger partial charge in [0.05, 0.1) is 6.61 Å². The van der Waals surface area contributed by atoms with E-state index in [4.69, 9.17) is 9.47 Å². The molecule has 1 aliphatic heterocycles. The number of carbonyl (C=O) groups is 1. The van der Waals surface area contributed by atoms with Gasteiger partial charge in [-0.05, 0) is 26.0 Å². The molecule has 1 atom stereocenters. The number of rotatable bonds is 4. The molecule has 1 aromatic rings. The van der Waals surface area contributed by atoms with Gasteiger partial charge in [-0.15, -0.1) is 0 Å². The molecular formula is C13H16O3. The average Bonchev–Trinajstić information content (AvgIpc) is 2.58. The molecule has 0 aromatic heterocycles. The van der Waals surface area contributed by atoms with Gasteiger partial charge in [0.25, 0.3) is 0 Å². The predicted octanol–water partition coefficient (Wildman–Crippen LogP) is 2.15. The van der Waals surface area contributed by atoms with Crippen LogP contribution < -0.4 is 9.47 Å². The number of benzene rings is 1. The lowest BCUT2D eigenvalue weighted by molar-refractivity contribution is -0.107. The van der Waals surface area contributed by atoms with Gasteiger partial charge in [-0.3, -0.25) is 0 Å². The Morgan fingerprint density at radius 1 is 1.56 bits per heavy atom. The molecule has 0 saturated carbocycles. The van der Waals surface area contributed by atoms with Crippen molar-refractivity contribution in [3.05, 3.63) is 23.3 Å². The van der Waals surface area contributed by atoms with Crippen LogP contribution in [0.25, 0.3) is 0 Å². The first-order valence-corrected chi connectivity index (χ1v) is 5.63. The van der Waals surface area contributed by atoms with Crippen LogP contribution in [0.1, 0.15) is 25.0 Å². The van der Waals surface area contributed by atoms with Crippen molar-refractivity contribution >= 4 is 6.29 Å². The first-order valence-electron chi connectivity index (χ1n) is 5.63. The standard InChI is InChI=1S/C13H16O3/c1-3-15-12-8-11-6-9(2)16-13(11)7-10(12)4-5-14/h5,7-9H,3-4,6H2,1-2H3. The van der Waals surface area contributed by atoms with Gasteiger partial charge in [-0.25, -0.2) is 0 Å². The van der Waals surface area contributed by atoms with Crippen molar-refractivity contribution in [2.45, 2.75) is 32.8 Å². The molecule has 0 amide bonds. The molecule has 1 heterocycles. The van der Waals surface area contributed by atoms with Crippen molar-refractivity contribution in [2.75, 3.05) is 6.61 Å². The van der Waals surface area contributed by atoms with E-state index >= 15 is 0 Å². The predicted molar refractivity (Wildman–Crippen MR) is 61.2 cm³/mol. The zero-order valence-electron chi connectivity index (χ0n) is 9.66. The SMILES string of the molecule is CCOc1cc2c(cc1CC=O)OC(C)C2. The Labute approximate surface area is 95.4 Å². The molecule has 2 rings (SSSR count). The second-order valence-corrected chi connectivity index (χ2v) is 4.00. The lowest BCUT2D eigenvalue weighted by Gasteiger charge is -2.10. The molecule has 0 bridgehead atoms. The second-order valence-electron chi connectivity index (χ2n) is 4.00. The smallest absolute Gasteiger partial charge is 0.124 e. The molecule has 0 aliphatic carbocycles. The van der Waals surface area contributed by atoms with E-state index in [2.05, 4.69) is 0 Å². The van der Waals surface area contributed by atoms with Gasteiger partial charge < -0.3 is 14.3 Å². The first kappa shape index (κ1) is 11.0. The average molecular weight is 220 g/mol. The Kier molecular flexibility index (Phi) is 3.13. The minimum absolute atomic E-state index is 0.218. The van der Waals surface area contributed by atoms with Gasteiger partial charge >= 0.3 is 0 Å². The van der Waals surface area contributed by atoms with Crippen LogP contribution in [0.15, 0.2) is 12.1 Å². The fourth-order valence-electron chi connectivity index (χ4n) is 2.02. The molecule has 16 heavy (non-hydrogen) atoms. The quantitative estimate of drug-likeness (QED) is 0.729. The number of hydrogen-bond acceptors (Lipinski definition) is 3. The van der Waals surface area contributed by atoms with E-state index in [1.54, 1.807) is 0 Å². The Balaban J connectivity index is 2.36. The summed E-state index contributed by atoms with van der Waals surface area (Å²) in [6, 6.07) is 3.93. The third kappa shape index (κ3) is 2.03. The van der Waals surface area contributed by atoms with Crippen molar-refractivity contribution < 1.29 is 14.3 Å². The third-order valence-corrected chi connectivity index (χ3v) is 2.68. The van der Waals surface area contributed by atoms with Crippen LogP contribution in [-0.4, -0.2) is 19.0 Å². The van der Waals surface area contributed by atoms with E-state index in [1.807, 2.05) is 26.0 Å². The molecule has 0 saturated heterocycles. The number of ether oxygens (including phenoxy) is 2. The second kappa shape index (κ2) is 4.56. The molecule has 86 valence electrons. The third-order valence-electron chi connectivity index (χ3n) is 2.68. The Bertz CT molecular complexity index is 398. The van der Waals surface area contributed by atoms with Crippen LogP contribution in [0.5, 0.6) is 11.5 Å². The summed E-state index contributed by atoms with van der Waals surface area (Å²) in [7, 11) is 0. The fourth-order valence-corrected chi connectivity index (χ4v) is 2.02. The summed E-state index contributed by atoms with van der Waals surface area (Å²) >= 11 is 0. The Hall–Kier alpha value is -1.51. The van der Waals surface area contributed by atoms with E-state index < -0.39 is 0 Å². The first-order chi connectivity index (χ1) is 7.74. The summed E-state index contributed by atoms with van der Waals surface area (Å²) in [6.07, 6.45) is 2.40. The molecule has 1 unspecified atom stereocenters. The topological polar surface area (TPSA) is 35.5 Å². The molecule has 0 N–H and O–H groups in total. The summed E-state index contributed by atoms with van der Waals surface area (Å²) in [6.45, 7) is 4.60. The Morgan fingerprint density at radius 2 is 2.38 bits per heavy atom. The molecule has 0 radical (unpaired) electrons. The maximum atomic E-state index is 10.6. The van der Waals surface area contributed by atoms with Gasteiger partial charge in [0.1, 0.15) is 23.9 Å². The highest BCUT2D eigenvalue weighted by atomic mass is 16.5. The van der Waals surface area contributed by atoms with Gasteiger partial charge in [-0.1, -0.05) is 0 Å². The number of fused-ring (bicyclic) bond motifs is 1. The van der Waals surface area contributed by atoms with Crippen molar-refractivity contribution in [1.29, 1.82) is 0 Å². The lowest BCUT2D eigenvalue weighted by atomic mass is 10.0. The summed E-state index contributed by atoms with van der Waals surface area (Å²) < 4.78 is 11.2. The summed E-state index contributed by atoms with van der Waals surface area (Å²) in [5.74, 6) is 1.71. The summed E-state index contributed by atoms with van der Waals surface area (Å²) in [5, 5.41) is 0. The highest BCUT2D eigenvalue weighted by Gasteiger charge is 2.21. The zero-order chi connectivity index (χ0) is 11.5. The van der Waals surface area contributed by atoms with Gasteiger partial charge in [0.2, 0.25) is 0 Å². The van der Waals surface area contributed by atoms with Crippen molar-refractivity contribution in [2.24, 2.45) is 0 Å². The van der Waals surface area contributed by atoms with Gasteiger partial charge in [-0.2, -0.15) is 0 Å². The van der Waals surface area contributed by atoms with E-state index in [0.717, 1.165) is 29.8 Å². The summed E-state index contributed by atoms with van der Waals surface area (Å²) in [5.41, 5.74) is 2.08. The normalized spacial score (nSPS) is 17.8. The van der Waals surface area contributed by atoms with Crippen LogP contribution in [0.3, 0.4) is 0 Å². The highest BCUT2D eigenvalue weighted by Crippen LogP contribution is 2.35. The van der Waals surface area contributed by atoms with Gasteiger partial charge in [0.15, 0.2) is 0 Å². The largest absolute Gasteiger partial charge is 0.494 e. The molecule has 3 heteroatoms. The van der Waals surface area contributed by atoms with Crippen molar-refractivity contribution in [1.82, 2.24) is 0 Å². The molecule has 1 aliphatic rings. The highest BCUT2D eigenvalue weighted by molar-refractivity contribution is 5.60. The van der Waals surface area contributed by atoms with E-state index in [9.17, 15) is 4.79 Å². The maximum absolute atomic E-state index is 10.6. The van der Waals surface area contributed by atoms with E-state index in [-0.39, 0.29) is 6.10 Å². The lowest BCUT2D eigenvalue weighted by Crippen LogP contribution is -2.05. The van der Waals surface area contributed by atoms with E-state index in [0.29, 0.717) is 13.0 Å². The molecular weight excluding hydrogens is 204 g/mol. The summed E-state index contributed by atoms with van der Waals surface area (Å²) in [4.78, 5) is 10.6. The van der Waals surface area contributed by atoms with Gasteiger partial charge in [0, 0.05) is 24.0 Å². The molecule has 0 fully saturated rings. The zero-order valence-corrected chi connectivity index (χ0v) is 9.66. The van der Waals surface area contributed by atoms with Crippen LogP contribution in [-0.2, 0) is 17.6 Å². The minimum Gasteiger partial charge on any atom is -0.494 e. The van der Waals surface area contributed by atoms with Crippen molar-refractivity contribution in [3.63, 3.8) is 0 Å². The van der Waals surface area contributed by atoms with Crippen molar-refractivity contribution in [3.8, 4) is 11.5 Å². The number of carbonyl (C=O) groups excluding carboxylic acids is 1. The fraction of sp³-hybridized carbons (Fsp3) is 0.462. The van der Waals surface area contributed by atoms with E-state index in [1.165, 1.54) is 5.56 Å². The molecule has 1 aromatic carbocycles.